The Morgan fingerprint density at radius 1 is 1.24 bits per heavy atom. The van der Waals surface area contributed by atoms with Gasteiger partial charge in [0.05, 0.1) is 23.4 Å². The molecule has 0 fully saturated rings. The van der Waals surface area contributed by atoms with E-state index in [4.69, 9.17) is 0 Å². The highest BCUT2D eigenvalue weighted by Gasteiger charge is 2.21. The second kappa shape index (κ2) is 6.16. The monoisotopic (exact) mass is 337 g/mol. The molecule has 0 unspecified atom stereocenters. The average Bonchev–Trinajstić information content (AvgIpc) is 3.05. The lowest BCUT2D eigenvalue weighted by molar-refractivity contribution is -0.118. The first-order valence-corrected chi connectivity index (χ1v) is 8.46. The molecule has 3 aromatic rings. The van der Waals surface area contributed by atoms with Crippen molar-refractivity contribution < 1.29 is 4.79 Å². The standard InChI is InChI=1S/C18H19N5O2/c1-12(23-11-20-14-7-3-2-6-13(14)18(23)25)17(24)21-16-10-19-15-8-4-5-9-22(15)16/h2-3,6-7,10-12H,4-5,8-9H2,1H3,(H,21,24)/t12-/m1/s1. The highest BCUT2D eigenvalue weighted by molar-refractivity contribution is 5.93. The van der Waals surface area contributed by atoms with E-state index in [1.807, 2.05) is 10.6 Å². The number of hydrogen-bond donors (Lipinski definition) is 1. The van der Waals surface area contributed by atoms with Gasteiger partial charge < -0.3 is 9.88 Å². The van der Waals surface area contributed by atoms with Gasteiger partial charge in [0.1, 0.15) is 17.7 Å². The Morgan fingerprint density at radius 2 is 2.08 bits per heavy atom. The third-order valence-corrected chi connectivity index (χ3v) is 4.71. The van der Waals surface area contributed by atoms with Gasteiger partial charge in [-0.15, -0.1) is 0 Å². The van der Waals surface area contributed by atoms with Crippen LogP contribution in [0.15, 0.2) is 41.6 Å². The predicted molar refractivity (Wildman–Crippen MR) is 94.5 cm³/mol. The first-order chi connectivity index (χ1) is 12.1. The van der Waals surface area contributed by atoms with Crippen LogP contribution in [0.4, 0.5) is 5.82 Å². The van der Waals surface area contributed by atoms with Gasteiger partial charge in [-0.05, 0) is 31.9 Å². The summed E-state index contributed by atoms with van der Waals surface area (Å²) in [5.74, 6) is 1.43. The van der Waals surface area contributed by atoms with Gasteiger partial charge in [0, 0.05) is 13.0 Å². The molecule has 3 heterocycles. The second-order valence-electron chi connectivity index (χ2n) is 6.31. The fourth-order valence-corrected chi connectivity index (χ4v) is 3.23. The third-order valence-electron chi connectivity index (χ3n) is 4.71. The Bertz CT molecular complexity index is 1000. The summed E-state index contributed by atoms with van der Waals surface area (Å²) < 4.78 is 3.40. The van der Waals surface area contributed by atoms with E-state index < -0.39 is 6.04 Å². The van der Waals surface area contributed by atoms with Crippen molar-refractivity contribution in [2.45, 2.75) is 38.8 Å². The molecule has 0 spiro atoms. The quantitative estimate of drug-likeness (QED) is 0.794. The van der Waals surface area contributed by atoms with Gasteiger partial charge in [0.15, 0.2) is 0 Å². The van der Waals surface area contributed by atoms with Crippen molar-refractivity contribution in [2.75, 3.05) is 5.32 Å². The number of para-hydroxylation sites is 1. The molecule has 128 valence electrons. The third kappa shape index (κ3) is 2.71. The van der Waals surface area contributed by atoms with Gasteiger partial charge in [-0.2, -0.15) is 0 Å². The topological polar surface area (TPSA) is 81.8 Å². The maximum Gasteiger partial charge on any atom is 0.261 e. The lowest BCUT2D eigenvalue weighted by Crippen LogP contribution is -2.32. The van der Waals surface area contributed by atoms with E-state index in [0.29, 0.717) is 16.7 Å². The van der Waals surface area contributed by atoms with Gasteiger partial charge in [0.2, 0.25) is 5.91 Å². The molecule has 0 aliphatic carbocycles. The molecule has 2 aromatic heterocycles. The lowest BCUT2D eigenvalue weighted by Gasteiger charge is -2.19. The number of carbonyl (C=O) groups is 1. The number of benzene rings is 1. The van der Waals surface area contributed by atoms with Crippen LogP contribution in [0.25, 0.3) is 10.9 Å². The van der Waals surface area contributed by atoms with Gasteiger partial charge in [-0.1, -0.05) is 12.1 Å². The van der Waals surface area contributed by atoms with Crippen molar-refractivity contribution in [2.24, 2.45) is 0 Å². The number of aromatic nitrogens is 4. The average molecular weight is 337 g/mol. The summed E-state index contributed by atoms with van der Waals surface area (Å²) in [4.78, 5) is 33.9. The first kappa shape index (κ1) is 15.6. The van der Waals surface area contributed by atoms with E-state index in [1.165, 1.54) is 10.9 Å². The number of nitrogens with zero attached hydrogens (tertiary/aromatic N) is 4. The molecule has 25 heavy (non-hydrogen) atoms. The van der Waals surface area contributed by atoms with Crippen LogP contribution >= 0.6 is 0 Å². The summed E-state index contributed by atoms with van der Waals surface area (Å²) in [7, 11) is 0. The molecular weight excluding hydrogens is 318 g/mol. The summed E-state index contributed by atoms with van der Waals surface area (Å²) in [6.07, 6.45) is 6.25. The Kier molecular flexibility index (Phi) is 3.83. The van der Waals surface area contributed by atoms with E-state index in [0.717, 1.165) is 31.6 Å². The molecular formula is C18H19N5O2. The fraction of sp³-hybridized carbons (Fsp3) is 0.333. The van der Waals surface area contributed by atoms with E-state index in [1.54, 1.807) is 31.3 Å². The number of rotatable bonds is 3. The van der Waals surface area contributed by atoms with Crippen molar-refractivity contribution in [3.05, 3.63) is 53.0 Å². The minimum atomic E-state index is -0.667. The zero-order chi connectivity index (χ0) is 17.4. The van der Waals surface area contributed by atoms with Crippen LogP contribution in [0.3, 0.4) is 0 Å². The van der Waals surface area contributed by atoms with Crippen LogP contribution in [0.1, 0.15) is 31.6 Å². The zero-order valence-electron chi connectivity index (χ0n) is 14.0. The number of carbonyl (C=O) groups excluding carboxylic acids is 1. The summed E-state index contributed by atoms with van der Waals surface area (Å²) in [6, 6.07) is 6.46. The molecule has 1 atom stereocenters. The molecule has 0 bridgehead atoms. The van der Waals surface area contributed by atoms with Crippen LogP contribution in [-0.2, 0) is 17.8 Å². The van der Waals surface area contributed by atoms with Crippen LogP contribution in [0.2, 0.25) is 0 Å². The molecule has 1 aromatic carbocycles. The normalized spacial score (nSPS) is 14.9. The Hall–Kier alpha value is -2.96. The number of nitrogens with one attached hydrogen (secondary N) is 1. The smallest absolute Gasteiger partial charge is 0.261 e. The maximum absolute atomic E-state index is 12.6. The highest BCUT2D eigenvalue weighted by Crippen LogP contribution is 2.20. The van der Waals surface area contributed by atoms with Crippen LogP contribution in [-0.4, -0.2) is 25.0 Å². The van der Waals surface area contributed by atoms with Crippen LogP contribution in [0, 0.1) is 0 Å². The number of anilines is 1. The molecule has 1 N–H and O–H groups in total. The number of amides is 1. The predicted octanol–water partition coefficient (Wildman–Crippen LogP) is 2.13. The van der Waals surface area contributed by atoms with Crippen molar-refractivity contribution in [1.29, 1.82) is 0 Å². The van der Waals surface area contributed by atoms with E-state index in [2.05, 4.69) is 15.3 Å². The molecule has 1 amide bonds. The fourth-order valence-electron chi connectivity index (χ4n) is 3.23. The van der Waals surface area contributed by atoms with E-state index >= 15 is 0 Å². The number of hydrogen-bond acceptors (Lipinski definition) is 4. The summed E-state index contributed by atoms with van der Waals surface area (Å²) in [6.45, 7) is 2.55. The number of fused-ring (bicyclic) bond motifs is 2. The first-order valence-electron chi connectivity index (χ1n) is 8.46. The number of aryl methyl sites for hydroxylation is 1. The van der Waals surface area contributed by atoms with E-state index in [9.17, 15) is 9.59 Å². The molecule has 7 heteroatoms. The SMILES string of the molecule is C[C@H](C(=O)Nc1cnc2n1CCCC2)n1cnc2ccccc2c1=O. The number of imidazole rings is 1. The summed E-state index contributed by atoms with van der Waals surface area (Å²) >= 11 is 0. The summed E-state index contributed by atoms with van der Waals surface area (Å²) in [5.41, 5.74) is 0.407. The van der Waals surface area contributed by atoms with Crippen molar-refractivity contribution >= 4 is 22.6 Å². The molecule has 4 rings (SSSR count). The van der Waals surface area contributed by atoms with Gasteiger partial charge >= 0.3 is 0 Å². The Morgan fingerprint density at radius 3 is 2.96 bits per heavy atom. The Balaban J connectivity index is 1.62. The second-order valence-corrected chi connectivity index (χ2v) is 6.31. The minimum absolute atomic E-state index is 0.219. The Labute approximate surface area is 144 Å². The van der Waals surface area contributed by atoms with Crippen molar-refractivity contribution in [3.8, 4) is 0 Å². The van der Waals surface area contributed by atoms with Gasteiger partial charge in [-0.3, -0.25) is 14.2 Å². The molecule has 7 nitrogen and oxygen atoms in total. The van der Waals surface area contributed by atoms with Gasteiger partial charge in [0.25, 0.3) is 5.56 Å². The molecule has 0 radical (unpaired) electrons. The maximum atomic E-state index is 12.6. The summed E-state index contributed by atoms with van der Waals surface area (Å²) in [5, 5.41) is 3.40. The molecule has 1 aliphatic rings. The van der Waals surface area contributed by atoms with Gasteiger partial charge in [-0.25, -0.2) is 9.97 Å². The van der Waals surface area contributed by atoms with Crippen LogP contribution < -0.4 is 10.9 Å². The highest BCUT2D eigenvalue weighted by atomic mass is 16.2. The zero-order valence-corrected chi connectivity index (χ0v) is 14.0. The lowest BCUT2D eigenvalue weighted by atomic mass is 10.2. The molecule has 1 aliphatic heterocycles. The minimum Gasteiger partial charge on any atom is -0.315 e. The van der Waals surface area contributed by atoms with Crippen molar-refractivity contribution in [3.63, 3.8) is 0 Å². The largest absolute Gasteiger partial charge is 0.315 e. The molecule has 0 saturated heterocycles. The van der Waals surface area contributed by atoms with Crippen LogP contribution in [0.5, 0.6) is 0 Å². The van der Waals surface area contributed by atoms with E-state index in [-0.39, 0.29) is 11.5 Å². The molecule has 0 saturated carbocycles. The van der Waals surface area contributed by atoms with Crippen molar-refractivity contribution in [1.82, 2.24) is 19.1 Å².